The minimum absolute atomic E-state index is 0.836. The van der Waals surface area contributed by atoms with Gasteiger partial charge >= 0.3 is 0 Å². The molecule has 0 unspecified atom stereocenters. The highest BCUT2D eigenvalue weighted by Crippen LogP contribution is 1.87. The molecule has 0 bridgehead atoms. The molecule has 43 valence electrons. The summed E-state index contributed by atoms with van der Waals surface area (Å²) in [7, 11) is 0. The van der Waals surface area contributed by atoms with Crippen LogP contribution in [0.25, 0.3) is 0 Å². The van der Waals surface area contributed by atoms with Crippen molar-refractivity contribution in [3.63, 3.8) is 0 Å². The van der Waals surface area contributed by atoms with Gasteiger partial charge in [-0.1, -0.05) is 36.5 Å². The first-order valence-corrected chi connectivity index (χ1v) is 2.65. The molecule has 0 heteroatoms. The van der Waals surface area contributed by atoms with Gasteiger partial charge in [-0.05, 0) is 13.8 Å². The van der Waals surface area contributed by atoms with Crippen LogP contribution in [-0.4, -0.2) is 0 Å². The molecular weight excluding hydrogens is 96.1 g/mol. The molecule has 0 saturated heterocycles. The molecule has 0 rings (SSSR count). The van der Waals surface area contributed by atoms with Crippen LogP contribution >= 0.6 is 0 Å². The topological polar surface area (TPSA) is 0 Å². The average molecular weight is 107 g/mol. The van der Waals surface area contributed by atoms with Gasteiger partial charge in [0.05, 0.1) is 0 Å². The molecule has 0 aromatic rings. The van der Waals surface area contributed by atoms with E-state index in [0.717, 1.165) is 5.57 Å². The lowest BCUT2D eigenvalue weighted by molar-refractivity contribution is 1.54. The fraction of sp³-hybridized carbons (Fsp3) is 0.250. The summed E-state index contributed by atoms with van der Waals surface area (Å²) in [6.07, 6.45) is 7.67. The Kier molecular flexibility index (Phi) is 3.95. The molecule has 0 atom stereocenters. The Balaban J connectivity index is 3.50. The fourth-order valence-electron chi connectivity index (χ4n) is 0.318. The van der Waals surface area contributed by atoms with Crippen molar-refractivity contribution in [3.8, 4) is 0 Å². The molecule has 0 aliphatic heterocycles. The number of rotatable bonds is 2. The standard InChI is InChI=1S/C8H11/c1-4-5-6-7-8(2)3/h2,4-7H,1,3H3. The van der Waals surface area contributed by atoms with Crippen molar-refractivity contribution in [3.05, 3.63) is 36.5 Å². The van der Waals surface area contributed by atoms with Crippen LogP contribution in [-0.2, 0) is 0 Å². The summed E-state index contributed by atoms with van der Waals surface area (Å²) in [5.41, 5.74) is 0.836. The summed E-state index contributed by atoms with van der Waals surface area (Å²) in [6.45, 7) is 9.16. The van der Waals surface area contributed by atoms with Crippen LogP contribution in [0.4, 0.5) is 0 Å². The van der Waals surface area contributed by atoms with Crippen LogP contribution in [0.15, 0.2) is 29.9 Å². The maximum absolute atomic E-state index is 5.33. The molecule has 0 aromatic carbocycles. The van der Waals surface area contributed by atoms with Gasteiger partial charge in [-0.2, -0.15) is 0 Å². The maximum atomic E-state index is 5.33. The van der Waals surface area contributed by atoms with E-state index in [1.807, 2.05) is 38.2 Å². The Hall–Kier alpha value is -0.780. The van der Waals surface area contributed by atoms with E-state index in [9.17, 15) is 0 Å². The predicted molar refractivity (Wildman–Crippen MR) is 37.4 cm³/mol. The van der Waals surface area contributed by atoms with Gasteiger partial charge in [-0.15, -0.1) is 0 Å². The van der Waals surface area contributed by atoms with E-state index >= 15 is 0 Å². The number of hydrogen-bond donors (Lipinski definition) is 0. The zero-order valence-corrected chi connectivity index (χ0v) is 5.39. The SMILES string of the molecule is [CH]=C(C)C=CC=CC. The van der Waals surface area contributed by atoms with Gasteiger partial charge in [-0.25, -0.2) is 0 Å². The van der Waals surface area contributed by atoms with Crippen LogP contribution in [0.5, 0.6) is 0 Å². The smallest absolute Gasteiger partial charge is 0.0398 e. The Morgan fingerprint density at radius 2 is 2.00 bits per heavy atom. The lowest BCUT2D eigenvalue weighted by Crippen LogP contribution is -1.57. The monoisotopic (exact) mass is 107 g/mol. The minimum atomic E-state index is 0.836. The van der Waals surface area contributed by atoms with E-state index in [4.69, 9.17) is 6.58 Å². The average Bonchev–Trinajstić information content (AvgIpc) is 1.66. The summed E-state index contributed by atoms with van der Waals surface area (Å²) >= 11 is 0. The normalized spacial score (nSPS) is 11.2. The maximum Gasteiger partial charge on any atom is -0.0398 e. The van der Waals surface area contributed by atoms with Crippen molar-refractivity contribution >= 4 is 0 Å². The highest BCUT2D eigenvalue weighted by atomic mass is 13.7. The Morgan fingerprint density at radius 1 is 1.38 bits per heavy atom. The highest BCUT2D eigenvalue weighted by Gasteiger charge is 1.67. The van der Waals surface area contributed by atoms with Gasteiger partial charge in [0, 0.05) is 0 Å². The van der Waals surface area contributed by atoms with Crippen LogP contribution in [0.1, 0.15) is 13.8 Å². The van der Waals surface area contributed by atoms with E-state index in [0.29, 0.717) is 0 Å². The van der Waals surface area contributed by atoms with Crippen molar-refractivity contribution < 1.29 is 0 Å². The van der Waals surface area contributed by atoms with Gasteiger partial charge in [0.15, 0.2) is 0 Å². The third-order valence-corrected chi connectivity index (χ3v) is 0.663. The fourth-order valence-corrected chi connectivity index (χ4v) is 0.318. The van der Waals surface area contributed by atoms with Gasteiger partial charge in [0.2, 0.25) is 0 Å². The van der Waals surface area contributed by atoms with Crippen LogP contribution in [0, 0.1) is 6.58 Å². The van der Waals surface area contributed by atoms with Crippen molar-refractivity contribution in [2.24, 2.45) is 0 Å². The molecule has 0 aromatic heterocycles. The summed E-state index contributed by atoms with van der Waals surface area (Å²) < 4.78 is 0. The van der Waals surface area contributed by atoms with Crippen LogP contribution in [0.3, 0.4) is 0 Å². The molecule has 0 aliphatic carbocycles. The molecule has 0 N–H and O–H groups in total. The second-order valence-electron chi connectivity index (χ2n) is 1.63. The van der Waals surface area contributed by atoms with E-state index in [1.54, 1.807) is 0 Å². The van der Waals surface area contributed by atoms with E-state index in [1.165, 1.54) is 0 Å². The van der Waals surface area contributed by atoms with Gasteiger partial charge in [-0.3, -0.25) is 0 Å². The first kappa shape index (κ1) is 7.22. The molecule has 0 amide bonds. The Labute approximate surface area is 51.2 Å². The molecule has 8 heavy (non-hydrogen) atoms. The van der Waals surface area contributed by atoms with Crippen molar-refractivity contribution in [2.75, 3.05) is 0 Å². The van der Waals surface area contributed by atoms with E-state index < -0.39 is 0 Å². The second-order valence-corrected chi connectivity index (χ2v) is 1.63. The number of hydrogen-bond acceptors (Lipinski definition) is 0. The zero-order chi connectivity index (χ0) is 6.41. The third kappa shape index (κ3) is 5.22. The molecule has 1 radical (unpaired) electrons. The van der Waals surface area contributed by atoms with Crippen LogP contribution < -0.4 is 0 Å². The summed E-state index contributed by atoms with van der Waals surface area (Å²) in [6, 6.07) is 0. The molecular formula is C8H11. The molecule has 0 spiro atoms. The van der Waals surface area contributed by atoms with Crippen molar-refractivity contribution in [1.82, 2.24) is 0 Å². The van der Waals surface area contributed by atoms with Crippen molar-refractivity contribution in [1.29, 1.82) is 0 Å². The van der Waals surface area contributed by atoms with E-state index in [-0.39, 0.29) is 0 Å². The highest BCUT2D eigenvalue weighted by molar-refractivity contribution is 5.14. The third-order valence-electron chi connectivity index (χ3n) is 0.663. The van der Waals surface area contributed by atoms with E-state index in [2.05, 4.69) is 0 Å². The molecule has 0 nitrogen and oxygen atoms in total. The molecule has 0 fully saturated rings. The first-order valence-electron chi connectivity index (χ1n) is 2.65. The summed E-state index contributed by atoms with van der Waals surface area (Å²) in [5, 5.41) is 0. The van der Waals surface area contributed by atoms with Gasteiger partial charge < -0.3 is 0 Å². The lowest BCUT2D eigenvalue weighted by Gasteiger charge is -1.77. The lowest BCUT2D eigenvalue weighted by atomic mass is 10.3. The van der Waals surface area contributed by atoms with Gasteiger partial charge in [0.25, 0.3) is 0 Å². The Morgan fingerprint density at radius 3 is 2.38 bits per heavy atom. The largest absolute Gasteiger partial charge is 0.0877 e. The van der Waals surface area contributed by atoms with Crippen molar-refractivity contribution in [2.45, 2.75) is 13.8 Å². The molecule has 0 saturated carbocycles. The molecule has 0 aliphatic rings. The summed E-state index contributed by atoms with van der Waals surface area (Å²) in [5.74, 6) is 0. The quantitative estimate of drug-likeness (QED) is 0.475. The van der Waals surface area contributed by atoms with Gasteiger partial charge in [0.1, 0.15) is 0 Å². The predicted octanol–water partition coefficient (Wildman–Crippen LogP) is 2.50. The Bertz CT molecular complexity index is 116. The first-order chi connectivity index (χ1) is 3.77. The van der Waals surface area contributed by atoms with Crippen LogP contribution in [0.2, 0.25) is 0 Å². The zero-order valence-electron chi connectivity index (χ0n) is 5.39. The summed E-state index contributed by atoms with van der Waals surface area (Å²) in [4.78, 5) is 0. The number of allylic oxidation sites excluding steroid dienone is 5. The second kappa shape index (κ2) is 4.38. The molecule has 0 heterocycles. The minimum Gasteiger partial charge on any atom is -0.0877 e.